The fourth-order valence-corrected chi connectivity index (χ4v) is 8.41. The number of ether oxygens (including phenoxy) is 1. The smallest absolute Gasteiger partial charge is 0.238 e. The summed E-state index contributed by atoms with van der Waals surface area (Å²) in [7, 11) is 1.43. The predicted molar refractivity (Wildman–Crippen MR) is 179 cm³/mol. The van der Waals surface area contributed by atoms with Gasteiger partial charge in [-0.1, -0.05) is 23.8 Å². The number of para-hydroxylation sites is 2. The van der Waals surface area contributed by atoms with Gasteiger partial charge in [0.05, 0.1) is 33.6 Å². The molecular formula is C36H24Br2N2O7. The van der Waals surface area contributed by atoms with Crippen LogP contribution in [0.5, 0.6) is 11.5 Å². The molecule has 1 saturated heterocycles. The van der Waals surface area contributed by atoms with E-state index in [0.29, 0.717) is 50.3 Å². The lowest BCUT2D eigenvalue weighted by Crippen LogP contribution is -2.39. The second-order valence-electron chi connectivity index (χ2n) is 12.0. The summed E-state index contributed by atoms with van der Waals surface area (Å²) in [6.45, 7) is 0. The standard InChI is InChI=1S/C36H24Br2N2O7/c1-46-28-13-17(12-23(37)33(28)43)29-19-10-11-20-30(21(19)14-22-31(29)26(41)15-24(38)32(22)42)36(45)40(35(20)44)18-8-6-16(7-9-18)34-39-25-4-2-3-5-27(25)47-34/h2-10,12-13,15,20-21,29-30,43H,11,14H2,1H3/t20-,21+,29-,30-/m0/s1. The number of anilines is 1. The molecule has 0 saturated carbocycles. The van der Waals surface area contributed by atoms with Crippen LogP contribution >= 0.6 is 31.9 Å². The first-order valence-electron chi connectivity index (χ1n) is 15.0. The first-order valence-corrected chi connectivity index (χ1v) is 16.5. The Bertz CT molecular complexity index is 2150. The number of aromatic hydroxyl groups is 1. The van der Waals surface area contributed by atoms with Crippen LogP contribution in [-0.4, -0.2) is 40.6 Å². The van der Waals surface area contributed by atoms with Crippen molar-refractivity contribution in [3.05, 3.63) is 104 Å². The van der Waals surface area contributed by atoms with E-state index in [1.165, 1.54) is 18.1 Å². The van der Waals surface area contributed by atoms with Crippen molar-refractivity contribution in [3.8, 4) is 23.0 Å². The fraction of sp³-hybridized carbons (Fsp3) is 0.194. The number of oxazole rings is 1. The van der Waals surface area contributed by atoms with Crippen LogP contribution in [-0.2, 0) is 19.2 Å². The number of ketones is 2. The summed E-state index contributed by atoms with van der Waals surface area (Å²) in [5.74, 6) is -3.30. The van der Waals surface area contributed by atoms with E-state index in [0.717, 1.165) is 11.1 Å². The lowest BCUT2D eigenvalue weighted by atomic mass is 9.59. The number of carbonyl (C=O) groups excluding carboxylic acids is 4. The van der Waals surface area contributed by atoms with Crippen LogP contribution in [0.2, 0.25) is 0 Å². The van der Waals surface area contributed by atoms with Crippen LogP contribution in [0.25, 0.3) is 22.6 Å². The molecule has 0 spiro atoms. The minimum Gasteiger partial charge on any atom is -0.503 e. The van der Waals surface area contributed by atoms with E-state index in [1.807, 2.05) is 30.3 Å². The Morgan fingerprint density at radius 2 is 1.74 bits per heavy atom. The number of allylic oxidation sites excluding steroid dienone is 6. The number of rotatable bonds is 4. The number of nitrogens with zero attached hydrogens (tertiary/aromatic N) is 2. The lowest BCUT2D eigenvalue weighted by molar-refractivity contribution is -0.123. The summed E-state index contributed by atoms with van der Waals surface area (Å²) in [5, 5.41) is 10.5. The number of halogens is 2. The monoisotopic (exact) mass is 754 g/mol. The third-order valence-electron chi connectivity index (χ3n) is 9.60. The lowest BCUT2D eigenvalue weighted by Gasteiger charge is -2.42. The van der Waals surface area contributed by atoms with Crippen LogP contribution in [0.15, 0.2) is 103 Å². The van der Waals surface area contributed by atoms with Gasteiger partial charge in [-0.3, -0.25) is 24.1 Å². The maximum absolute atomic E-state index is 14.3. The van der Waals surface area contributed by atoms with E-state index < -0.39 is 23.7 Å². The quantitative estimate of drug-likeness (QED) is 0.135. The van der Waals surface area contributed by atoms with Gasteiger partial charge < -0.3 is 14.3 Å². The molecule has 2 amide bonds. The molecule has 4 aliphatic rings. The fourth-order valence-electron chi connectivity index (χ4n) is 7.51. The van der Waals surface area contributed by atoms with Gasteiger partial charge >= 0.3 is 0 Å². The second-order valence-corrected chi connectivity index (χ2v) is 13.7. The molecule has 1 aromatic heterocycles. The SMILES string of the molecule is COc1cc([C@H]2C3=CC[C@@H]4C(=O)N(c5ccc(-c6nc7ccccc7o6)cc5)C(=O)[C@@H]4[C@@H]3CC3=C2C(=O)C=C(Br)C3=O)cc(Br)c1O. The van der Waals surface area contributed by atoms with Gasteiger partial charge in [-0.2, -0.15) is 0 Å². The molecule has 47 heavy (non-hydrogen) atoms. The highest BCUT2D eigenvalue weighted by Gasteiger charge is 2.56. The summed E-state index contributed by atoms with van der Waals surface area (Å²) in [6, 6.07) is 17.7. The molecule has 0 bridgehead atoms. The molecule has 1 N–H and O–H groups in total. The number of aromatic nitrogens is 1. The van der Waals surface area contributed by atoms with Crippen molar-refractivity contribution < 1.29 is 33.4 Å². The van der Waals surface area contributed by atoms with Gasteiger partial charge in [0.1, 0.15) is 5.52 Å². The number of amides is 2. The highest BCUT2D eigenvalue weighted by atomic mass is 79.9. The second kappa shape index (κ2) is 11.0. The maximum atomic E-state index is 14.3. The van der Waals surface area contributed by atoms with Crippen LogP contribution in [0, 0.1) is 17.8 Å². The van der Waals surface area contributed by atoms with Gasteiger partial charge in [0.15, 0.2) is 28.6 Å². The van der Waals surface area contributed by atoms with Crippen molar-refractivity contribution in [1.29, 1.82) is 0 Å². The Balaban J connectivity index is 1.18. The molecule has 4 aromatic rings. The molecule has 11 heteroatoms. The van der Waals surface area contributed by atoms with Gasteiger partial charge in [0.2, 0.25) is 17.7 Å². The molecule has 4 atom stereocenters. The summed E-state index contributed by atoms with van der Waals surface area (Å²) in [6.07, 6.45) is 3.68. The largest absolute Gasteiger partial charge is 0.503 e. The number of phenols is 1. The minimum absolute atomic E-state index is 0.0986. The molecule has 1 fully saturated rings. The third-order valence-corrected chi connectivity index (χ3v) is 10.8. The number of fused-ring (bicyclic) bond motifs is 4. The van der Waals surface area contributed by atoms with Crippen molar-refractivity contribution in [3.63, 3.8) is 0 Å². The Kier molecular flexibility index (Phi) is 6.96. The Hall–Kier alpha value is -4.61. The van der Waals surface area contributed by atoms with Crippen LogP contribution < -0.4 is 9.64 Å². The first-order chi connectivity index (χ1) is 22.7. The number of carbonyl (C=O) groups is 4. The number of Topliss-reactive ketones (excluding diaryl/α,β-unsaturated/α-hetero) is 1. The molecule has 9 nitrogen and oxygen atoms in total. The molecule has 8 rings (SSSR count). The average Bonchev–Trinajstić information content (AvgIpc) is 3.62. The molecule has 3 aliphatic carbocycles. The molecule has 2 heterocycles. The Labute approximate surface area is 284 Å². The summed E-state index contributed by atoms with van der Waals surface area (Å²) in [4.78, 5) is 61.0. The molecule has 1 aliphatic heterocycles. The number of hydrogen-bond acceptors (Lipinski definition) is 8. The van der Waals surface area contributed by atoms with Crippen LogP contribution in [0.1, 0.15) is 24.3 Å². The number of benzene rings is 3. The predicted octanol–water partition coefficient (Wildman–Crippen LogP) is 6.94. The molecule has 0 radical (unpaired) electrons. The van der Waals surface area contributed by atoms with Crippen molar-refractivity contribution in [1.82, 2.24) is 4.98 Å². The number of hydrogen-bond donors (Lipinski definition) is 1. The van der Waals surface area contributed by atoms with E-state index in [9.17, 15) is 24.3 Å². The minimum atomic E-state index is -0.731. The van der Waals surface area contributed by atoms with Gasteiger partial charge in [-0.25, -0.2) is 4.98 Å². The molecule has 234 valence electrons. The van der Waals surface area contributed by atoms with Crippen molar-refractivity contribution in [2.45, 2.75) is 18.8 Å². The third kappa shape index (κ3) is 4.51. The average molecular weight is 756 g/mol. The van der Waals surface area contributed by atoms with Gasteiger partial charge in [0.25, 0.3) is 0 Å². The Morgan fingerprint density at radius 1 is 0.979 bits per heavy atom. The van der Waals surface area contributed by atoms with Gasteiger partial charge in [-0.05, 0) is 105 Å². The van der Waals surface area contributed by atoms with E-state index in [2.05, 4.69) is 36.8 Å². The summed E-state index contributed by atoms with van der Waals surface area (Å²) < 4.78 is 11.8. The zero-order chi connectivity index (χ0) is 32.7. The van der Waals surface area contributed by atoms with Gasteiger partial charge in [-0.15, -0.1) is 0 Å². The van der Waals surface area contributed by atoms with E-state index in [1.54, 1.807) is 36.4 Å². The van der Waals surface area contributed by atoms with Crippen molar-refractivity contribution >= 4 is 72.0 Å². The van der Waals surface area contributed by atoms with Crippen molar-refractivity contribution in [2.24, 2.45) is 17.8 Å². The highest BCUT2D eigenvalue weighted by molar-refractivity contribution is 9.12. The summed E-state index contributed by atoms with van der Waals surface area (Å²) >= 11 is 6.65. The molecular weight excluding hydrogens is 732 g/mol. The zero-order valence-electron chi connectivity index (χ0n) is 24.7. The normalized spacial score (nSPS) is 23.9. The van der Waals surface area contributed by atoms with Crippen molar-refractivity contribution in [2.75, 3.05) is 12.0 Å². The molecule has 0 unspecified atom stereocenters. The molecule has 3 aromatic carbocycles. The first kappa shape index (κ1) is 29.8. The maximum Gasteiger partial charge on any atom is 0.238 e. The van der Waals surface area contributed by atoms with E-state index in [4.69, 9.17) is 9.15 Å². The van der Waals surface area contributed by atoms with Crippen LogP contribution in [0.3, 0.4) is 0 Å². The number of phenolic OH excluding ortho intramolecular Hbond substituents is 1. The number of methoxy groups -OCH3 is 1. The Morgan fingerprint density at radius 3 is 2.49 bits per heavy atom. The zero-order valence-corrected chi connectivity index (χ0v) is 27.9. The van der Waals surface area contributed by atoms with E-state index in [-0.39, 0.29) is 45.8 Å². The summed E-state index contributed by atoms with van der Waals surface area (Å²) in [5.41, 5.74) is 4.60. The van der Waals surface area contributed by atoms with E-state index >= 15 is 0 Å². The van der Waals surface area contributed by atoms with Gasteiger partial charge in [0, 0.05) is 28.7 Å². The topological polar surface area (TPSA) is 127 Å². The highest BCUT2D eigenvalue weighted by Crippen LogP contribution is 2.56. The van der Waals surface area contributed by atoms with Crippen LogP contribution in [0.4, 0.5) is 5.69 Å². The number of imide groups is 1.